The second-order valence-electron chi connectivity index (χ2n) is 5.14. The molecule has 0 aliphatic carbocycles. The number of benzene rings is 2. The van der Waals surface area contributed by atoms with Gasteiger partial charge in [0.1, 0.15) is 0 Å². The Bertz CT molecular complexity index is 752. The van der Waals surface area contributed by atoms with E-state index in [0.717, 1.165) is 17.5 Å². The van der Waals surface area contributed by atoms with Gasteiger partial charge in [-0.3, -0.25) is 9.59 Å². The lowest BCUT2D eigenvalue weighted by Crippen LogP contribution is -2.32. The minimum absolute atomic E-state index is 0.124. The highest BCUT2D eigenvalue weighted by Gasteiger charge is 2.20. The molecule has 0 fully saturated rings. The molecule has 1 aliphatic rings. The molecule has 21 heavy (non-hydrogen) atoms. The Hall–Kier alpha value is -2.13. The van der Waals surface area contributed by atoms with E-state index in [1.54, 1.807) is 24.3 Å². The summed E-state index contributed by atoms with van der Waals surface area (Å²) in [5.74, 6) is -0.286. The summed E-state index contributed by atoms with van der Waals surface area (Å²) >= 11 is 6.21. The zero-order valence-corrected chi connectivity index (χ0v) is 12.3. The first kappa shape index (κ1) is 13.8. The molecule has 0 spiro atoms. The van der Waals surface area contributed by atoms with Crippen LogP contribution in [0.4, 0.5) is 0 Å². The molecule has 2 aromatic rings. The Morgan fingerprint density at radius 2 is 2.05 bits per heavy atom. The van der Waals surface area contributed by atoms with Crippen molar-refractivity contribution in [2.24, 2.45) is 0 Å². The first-order chi connectivity index (χ1) is 10.1. The number of carbonyl (C=O) groups is 2. The van der Waals surface area contributed by atoms with E-state index in [1.165, 1.54) is 0 Å². The number of halogens is 1. The predicted octanol–water partition coefficient (Wildman–Crippen LogP) is 3.17. The minimum atomic E-state index is -0.162. The minimum Gasteiger partial charge on any atom is -0.352 e. The average Bonchev–Trinajstić information content (AvgIpc) is 2.49. The van der Waals surface area contributed by atoms with Crippen LogP contribution in [0.15, 0.2) is 36.4 Å². The highest BCUT2D eigenvalue weighted by atomic mass is 35.5. The molecule has 3 rings (SSSR count). The van der Waals surface area contributed by atoms with Gasteiger partial charge >= 0.3 is 0 Å². The summed E-state index contributed by atoms with van der Waals surface area (Å²) in [5, 5.41) is 3.25. The molecule has 0 atom stereocenters. The van der Waals surface area contributed by atoms with Crippen LogP contribution in [0.2, 0.25) is 5.02 Å². The van der Waals surface area contributed by atoms with Gasteiger partial charge in [-0.1, -0.05) is 35.9 Å². The number of carbonyl (C=O) groups excluding carboxylic acids is 2. The number of aryl methyl sites for hydroxylation is 1. The van der Waals surface area contributed by atoms with E-state index < -0.39 is 0 Å². The average molecular weight is 300 g/mol. The predicted molar refractivity (Wildman–Crippen MR) is 82.1 cm³/mol. The van der Waals surface area contributed by atoms with Gasteiger partial charge in [-0.15, -0.1) is 0 Å². The van der Waals surface area contributed by atoms with Crippen LogP contribution < -0.4 is 5.32 Å². The van der Waals surface area contributed by atoms with Crippen molar-refractivity contribution < 1.29 is 9.59 Å². The summed E-state index contributed by atoms with van der Waals surface area (Å²) in [4.78, 5) is 24.5. The van der Waals surface area contributed by atoms with Crippen LogP contribution in [0.1, 0.15) is 37.4 Å². The second kappa shape index (κ2) is 5.34. The standard InChI is InChI=1S/C17H14ClNO2/c1-10-3-2-4-13(15(10)18)16(20)12-6-5-11-7-8-19-17(21)14(11)9-12/h2-6,9H,7-8H2,1H3,(H,19,21). The van der Waals surface area contributed by atoms with Crippen molar-refractivity contribution in [3.8, 4) is 0 Å². The normalized spacial score (nSPS) is 13.5. The quantitative estimate of drug-likeness (QED) is 0.866. The van der Waals surface area contributed by atoms with Crippen molar-refractivity contribution in [3.63, 3.8) is 0 Å². The van der Waals surface area contributed by atoms with E-state index in [2.05, 4.69) is 5.32 Å². The van der Waals surface area contributed by atoms with Crippen LogP contribution >= 0.6 is 11.6 Å². The molecule has 1 aliphatic heterocycles. The maximum absolute atomic E-state index is 12.6. The lowest BCUT2D eigenvalue weighted by Gasteiger charge is -2.17. The summed E-state index contributed by atoms with van der Waals surface area (Å²) in [6, 6.07) is 10.6. The van der Waals surface area contributed by atoms with Crippen LogP contribution in [0, 0.1) is 6.92 Å². The summed E-state index contributed by atoms with van der Waals surface area (Å²) in [6.45, 7) is 2.50. The van der Waals surface area contributed by atoms with Gasteiger partial charge in [-0.05, 0) is 36.6 Å². The van der Waals surface area contributed by atoms with Gasteiger partial charge in [-0.25, -0.2) is 0 Å². The number of rotatable bonds is 2. The Morgan fingerprint density at radius 3 is 2.86 bits per heavy atom. The number of ketones is 1. The molecule has 0 bridgehead atoms. The van der Waals surface area contributed by atoms with Crippen LogP contribution in [0.3, 0.4) is 0 Å². The molecular weight excluding hydrogens is 286 g/mol. The molecule has 106 valence electrons. The Labute approximate surface area is 127 Å². The SMILES string of the molecule is Cc1cccc(C(=O)c2ccc3c(c2)C(=O)NCC3)c1Cl. The van der Waals surface area contributed by atoms with Crippen molar-refractivity contribution >= 4 is 23.3 Å². The fourth-order valence-corrected chi connectivity index (χ4v) is 2.74. The number of hydrogen-bond donors (Lipinski definition) is 1. The van der Waals surface area contributed by atoms with E-state index in [1.807, 2.05) is 19.1 Å². The van der Waals surface area contributed by atoms with Crippen molar-refractivity contribution in [2.45, 2.75) is 13.3 Å². The van der Waals surface area contributed by atoms with E-state index in [-0.39, 0.29) is 11.7 Å². The Morgan fingerprint density at radius 1 is 1.24 bits per heavy atom. The number of amides is 1. The van der Waals surface area contributed by atoms with Gasteiger partial charge in [0.05, 0.1) is 5.02 Å². The third-order valence-corrected chi connectivity index (χ3v) is 4.23. The number of fused-ring (bicyclic) bond motifs is 1. The molecule has 1 amide bonds. The van der Waals surface area contributed by atoms with Crippen LogP contribution in [-0.4, -0.2) is 18.2 Å². The van der Waals surface area contributed by atoms with Gasteiger partial charge < -0.3 is 5.32 Å². The van der Waals surface area contributed by atoms with Gasteiger partial charge in [0, 0.05) is 23.2 Å². The molecule has 3 nitrogen and oxygen atoms in total. The molecule has 1 heterocycles. The molecular formula is C17H14ClNO2. The first-order valence-electron chi connectivity index (χ1n) is 6.79. The summed E-state index contributed by atoms with van der Waals surface area (Å²) in [5.41, 5.74) is 3.37. The van der Waals surface area contributed by atoms with Gasteiger partial charge in [0.2, 0.25) is 0 Å². The van der Waals surface area contributed by atoms with Gasteiger partial charge in [0.25, 0.3) is 5.91 Å². The maximum Gasteiger partial charge on any atom is 0.251 e. The molecule has 4 heteroatoms. The van der Waals surface area contributed by atoms with Crippen LogP contribution in [0.25, 0.3) is 0 Å². The van der Waals surface area contributed by atoms with Gasteiger partial charge in [0.15, 0.2) is 5.78 Å². The zero-order chi connectivity index (χ0) is 15.0. The highest BCUT2D eigenvalue weighted by molar-refractivity contribution is 6.35. The topological polar surface area (TPSA) is 46.2 Å². The van der Waals surface area contributed by atoms with E-state index >= 15 is 0 Å². The van der Waals surface area contributed by atoms with E-state index in [9.17, 15) is 9.59 Å². The van der Waals surface area contributed by atoms with Crippen molar-refractivity contribution in [1.29, 1.82) is 0 Å². The van der Waals surface area contributed by atoms with Crippen LogP contribution in [-0.2, 0) is 6.42 Å². The Kier molecular flexibility index (Phi) is 3.52. The monoisotopic (exact) mass is 299 g/mol. The lowest BCUT2D eigenvalue weighted by atomic mass is 9.94. The van der Waals surface area contributed by atoms with Crippen LogP contribution in [0.5, 0.6) is 0 Å². The van der Waals surface area contributed by atoms with E-state index in [0.29, 0.717) is 28.3 Å². The molecule has 0 radical (unpaired) electrons. The lowest BCUT2D eigenvalue weighted by molar-refractivity contribution is 0.0946. The summed E-state index contributed by atoms with van der Waals surface area (Å²) in [7, 11) is 0. The molecule has 0 saturated carbocycles. The number of hydrogen-bond acceptors (Lipinski definition) is 2. The second-order valence-corrected chi connectivity index (χ2v) is 5.52. The smallest absolute Gasteiger partial charge is 0.251 e. The summed E-state index contributed by atoms with van der Waals surface area (Å²) in [6.07, 6.45) is 0.792. The van der Waals surface area contributed by atoms with Gasteiger partial charge in [-0.2, -0.15) is 0 Å². The molecule has 2 aromatic carbocycles. The molecule has 1 N–H and O–H groups in total. The third kappa shape index (κ3) is 2.45. The molecule has 0 saturated heterocycles. The largest absolute Gasteiger partial charge is 0.352 e. The van der Waals surface area contributed by atoms with Crippen molar-refractivity contribution in [2.75, 3.05) is 6.54 Å². The van der Waals surface area contributed by atoms with Crippen molar-refractivity contribution in [3.05, 3.63) is 69.2 Å². The fraction of sp³-hybridized carbons (Fsp3) is 0.176. The maximum atomic E-state index is 12.6. The number of nitrogens with one attached hydrogen (secondary N) is 1. The van der Waals surface area contributed by atoms with E-state index in [4.69, 9.17) is 11.6 Å². The highest BCUT2D eigenvalue weighted by Crippen LogP contribution is 2.24. The zero-order valence-electron chi connectivity index (χ0n) is 11.6. The fourth-order valence-electron chi connectivity index (χ4n) is 2.53. The molecule has 0 aromatic heterocycles. The first-order valence-corrected chi connectivity index (χ1v) is 7.16. The molecule has 0 unspecified atom stereocenters. The third-order valence-electron chi connectivity index (χ3n) is 3.73. The Balaban J connectivity index is 2.05. The summed E-state index contributed by atoms with van der Waals surface area (Å²) < 4.78 is 0. The van der Waals surface area contributed by atoms with Crippen molar-refractivity contribution in [1.82, 2.24) is 5.32 Å².